The lowest BCUT2D eigenvalue weighted by Crippen LogP contribution is -2.40. The van der Waals surface area contributed by atoms with E-state index in [2.05, 4.69) is 5.32 Å². The van der Waals surface area contributed by atoms with Gasteiger partial charge in [-0.15, -0.1) is 0 Å². The van der Waals surface area contributed by atoms with Crippen molar-refractivity contribution in [2.45, 2.75) is 18.4 Å². The number of carbonyl (C=O) groups is 1. The molecule has 1 N–H and O–H groups in total. The Kier molecular flexibility index (Phi) is 7.84. The molecule has 0 aliphatic carbocycles. The van der Waals surface area contributed by atoms with Crippen molar-refractivity contribution in [1.82, 2.24) is 5.32 Å². The Morgan fingerprint density at radius 3 is 2.30 bits per heavy atom. The van der Waals surface area contributed by atoms with E-state index in [0.29, 0.717) is 16.5 Å². The molecule has 3 aromatic carbocycles. The summed E-state index contributed by atoms with van der Waals surface area (Å²) in [4.78, 5) is 12.8. The highest BCUT2D eigenvalue weighted by Gasteiger charge is 2.30. The molecule has 0 radical (unpaired) electrons. The number of anilines is 1. The van der Waals surface area contributed by atoms with Crippen LogP contribution < -0.4 is 19.1 Å². The number of nitrogens with one attached hydrogen (secondary N) is 1. The minimum absolute atomic E-state index is 0.0301. The molecule has 9 heteroatoms. The summed E-state index contributed by atoms with van der Waals surface area (Å²) in [5, 5.41) is 3.22. The maximum absolute atomic E-state index is 13.7. The van der Waals surface area contributed by atoms with Crippen LogP contribution in [0.15, 0.2) is 71.6 Å². The van der Waals surface area contributed by atoms with Crippen LogP contribution in [0.2, 0.25) is 5.02 Å². The van der Waals surface area contributed by atoms with E-state index in [1.165, 1.54) is 13.2 Å². The van der Waals surface area contributed by atoms with Gasteiger partial charge in [-0.25, -0.2) is 8.42 Å². The number of rotatable bonds is 9. The molecule has 174 valence electrons. The largest absolute Gasteiger partial charge is 0.496 e. The fourth-order valence-corrected chi connectivity index (χ4v) is 5.05. The molecule has 0 saturated carbocycles. The van der Waals surface area contributed by atoms with Gasteiger partial charge in [0.25, 0.3) is 10.0 Å². The van der Waals surface area contributed by atoms with Crippen LogP contribution >= 0.6 is 11.6 Å². The standard InChI is InChI=1S/C24H25ClN2O5S/c1-17-8-13-22(32-3)23(14-17)33(29,30)27(20-11-9-19(25)10-12-20)16-24(28)26-15-18-6-4-5-7-21(18)31-2/h4-14H,15-16H2,1-3H3,(H,26,28). The van der Waals surface area contributed by atoms with E-state index >= 15 is 0 Å². The molecule has 7 nitrogen and oxygen atoms in total. The molecule has 33 heavy (non-hydrogen) atoms. The first kappa shape index (κ1) is 24.4. The number of para-hydroxylation sites is 1. The summed E-state index contributed by atoms with van der Waals surface area (Å²) >= 11 is 5.99. The predicted molar refractivity (Wildman–Crippen MR) is 129 cm³/mol. The van der Waals surface area contributed by atoms with Gasteiger partial charge in [-0.3, -0.25) is 9.10 Å². The van der Waals surface area contributed by atoms with Gasteiger partial charge >= 0.3 is 0 Å². The Hall–Kier alpha value is -3.23. The summed E-state index contributed by atoms with van der Waals surface area (Å²) in [6.45, 7) is 1.53. The number of sulfonamides is 1. The number of amides is 1. The van der Waals surface area contributed by atoms with Crippen molar-refractivity contribution in [2.24, 2.45) is 0 Å². The van der Waals surface area contributed by atoms with Gasteiger partial charge in [0, 0.05) is 17.1 Å². The summed E-state index contributed by atoms with van der Waals surface area (Å²) < 4.78 is 39.0. The Morgan fingerprint density at radius 1 is 0.970 bits per heavy atom. The maximum Gasteiger partial charge on any atom is 0.268 e. The van der Waals surface area contributed by atoms with Crippen molar-refractivity contribution in [3.05, 3.63) is 82.9 Å². The molecule has 0 bridgehead atoms. The van der Waals surface area contributed by atoms with E-state index in [4.69, 9.17) is 21.1 Å². The van der Waals surface area contributed by atoms with E-state index in [1.54, 1.807) is 56.5 Å². The fraction of sp³-hybridized carbons (Fsp3) is 0.208. The molecule has 3 rings (SSSR count). The first-order chi connectivity index (χ1) is 15.8. The van der Waals surface area contributed by atoms with Gasteiger partial charge in [-0.2, -0.15) is 0 Å². The van der Waals surface area contributed by atoms with Crippen LogP contribution in [-0.2, 0) is 21.4 Å². The van der Waals surface area contributed by atoms with Crippen LogP contribution in [0.1, 0.15) is 11.1 Å². The second-order valence-electron chi connectivity index (χ2n) is 7.23. The first-order valence-corrected chi connectivity index (χ1v) is 11.9. The molecule has 1 amide bonds. The Bertz CT molecular complexity index is 1230. The Labute approximate surface area is 198 Å². The lowest BCUT2D eigenvalue weighted by atomic mass is 10.2. The SMILES string of the molecule is COc1ccccc1CNC(=O)CN(c1ccc(Cl)cc1)S(=O)(=O)c1cc(C)ccc1OC. The van der Waals surface area contributed by atoms with E-state index in [-0.39, 0.29) is 17.2 Å². The number of methoxy groups -OCH3 is 2. The molecule has 0 saturated heterocycles. The fourth-order valence-electron chi connectivity index (χ4n) is 3.26. The molecule has 0 aliphatic heterocycles. The lowest BCUT2D eigenvalue weighted by molar-refractivity contribution is -0.119. The molecule has 0 fully saturated rings. The van der Waals surface area contributed by atoms with Gasteiger partial charge in [0.2, 0.25) is 5.91 Å². The molecule has 0 atom stereocenters. The van der Waals surface area contributed by atoms with Crippen molar-refractivity contribution >= 4 is 33.2 Å². The second-order valence-corrected chi connectivity index (χ2v) is 9.50. The average molecular weight is 489 g/mol. The summed E-state index contributed by atoms with van der Waals surface area (Å²) in [5.41, 5.74) is 1.82. The highest BCUT2D eigenvalue weighted by molar-refractivity contribution is 7.93. The number of hydrogen-bond donors (Lipinski definition) is 1. The first-order valence-electron chi connectivity index (χ1n) is 10.1. The van der Waals surface area contributed by atoms with Crippen molar-refractivity contribution in [3.8, 4) is 11.5 Å². The number of hydrogen-bond acceptors (Lipinski definition) is 5. The van der Waals surface area contributed by atoms with Crippen LogP contribution in [0.5, 0.6) is 11.5 Å². The van der Waals surface area contributed by atoms with Crippen molar-refractivity contribution in [2.75, 3.05) is 25.1 Å². The molecule has 0 aromatic heterocycles. The van der Waals surface area contributed by atoms with Crippen LogP contribution in [0, 0.1) is 6.92 Å². The predicted octanol–water partition coefficient (Wildman–Crippen LogP) is 4.18. The van der Waals surface area contributed by atoms with E-state index in [1.807, 2.05) is 18.2 Å². The second kappa shape index (κ2) is 10.6. The molecular formula is C24H25ClN2O5S. The normalized spacial score (nSPS) is 11.0. The summed E-state index contributed by atoms with van der Waals surface area (Å²) in [7, 11) is -1.20. The third-order valence-electron chi connectivity index (χ3n) is 4.96. The maximum atomic E-state index is 13.7. The third-order valence-corrected chi connectivity index (χ3v) is 7.00. The van der Waals surface area contributed by atoms with E-state index in [9.17, 15) is 13.2 Å². The zero-order valence-corrected chi connectivity index (χ0v) is 20.1. The van der Waals surface area contributed by atoms with Gasteiger partial charge in [-0.1, -0.05) is 35.9 Å². The highest BCUT2D eigenvalue weighted by Crippen LogP contribution is 2.31. The summed E-state index contributed by atoms with van der Waals surface area (Å²) in [6.07, 6.45) is 0. The van der Waals surface area contributed by atoms with E-state index in [0.717, 1.165) is 15.4 Å². The van der Waals surface area contributed by atoms with E-state index < -0.39 is 22.5 Å². The Morgan fingerprint density at radius 2 is 1.64 bits per heavy atom. The van der Waals surface area contributed by atoms with Crippen molar-refractivity contribution in [3.63, 3.8) is 0 Å². The highest BCUT2D eigenvalue weighted by atomic mass is 35.5. The summed E-state index contributed by atoms with van der Waals surface area (Å²) in [5.74, 6) is 0.338. The average Bonchev–Trinajstić information content (AvgIpc) is 2.82. The zero-order valence-electron chi connectivity index (χ0n) is 18.5. The molecule has 0 heterocycles. The lowest BCUT2D eigenvalue weighted by Gasteiger charge is -2.25. The number of carbonyl (C=O) groups excluding carboxylic acids is 1. The van der Waals surface area contributed by atoms with Crippen LogP contribution in [0.4, 0.5) is 5.69 Å². The number of halogens is 1. The molecular weight excluding hydrogens is 464 g/mol. The minimum atomic E-state index is -4.14. The minimum Gasteiger partial charge on any atom is -0.496 e. The van der Waals surface area contributed by atoms with Crippen molar-refractivity contribution < 1.29 is 22.7 Å². The van der Waals surface area contributed by atoms with Crippen LogP contribution in [-0.4, -0.2) is 35.1 Å². The Balaban J connectivity index is 1.93. The quantitative estimate of drug-likeness (QED) is 0.488. The molecule has 0 aliphatic rings. The number of benzene rings is 3. The van der Waals surface area contributed by atoms with Crippen molar-refractivity contribution in [1.29, 1.82) is 0 Å². The third kappa shape index (κ3) is 5.77. The molecule has 3 aromatic rings. The van der Waals surface area contributed by atoms with Crippen LogP contribution in [0.3, 0.4) is 0 Å². The molecule has 0 spiro atoms. The topological polar surface area (TPSA) is 84.9 Å². The van der Waals surface area contributed by atoms with Gasteiger partial charge in [0.05, 0.1) is 19.9 Å². The molecule has 0 unspecified atom stereocenters. The monoisotopic (exact) mass is 488 g/mol. The smallest absolute Gasteiger partial charge is 0.268 e. The van der Waals surface area contributed by atoms with Gasteiger partial charge < -0.3 is 14.8 Å². The number of aryl methyl sites for hydroxylation is 1. The number of ether oxygens (including phenoxy) is 2. The summed E-state index contributed by atoms with van der Waals surface area (Å²) in [6, 6.07) is 18.4. The zero-order chi connectivity index (χ0) is 24.0. The number of nitrogens with zero attached hydrogens (tertiary/aromatic N) is 1. The van der Waals surface area contributed by atoms with Gasteiger partial charge in [0.15, 0.2) is 0 Å². The van der Waals surface area contributed by atoms with Gasteiger partial charge in [0.1, 0.15) is 22.9 Å². The van der Waals surface area contributed by atoms with Crippen LogP contribution in [0.25, 0.3) is 0 Å². The van der Waals surface area contributed by atoms with Gasteiger partial charge in [-0.05, 0) is 55.0 Å².